The summed E-state index contributed by atoms with van der Waals surface area (Å²) < 4.78 is 6.71. The normalized spacial score (nSPS) is 10.0. The molecule has 0 fully saturated rings. The van der Waals surface area contributed by atoms with E-state index < -0.39 is 0 Å². The number of aromatic nitrogens is 2. The molecule has 0 aliphatic carbocycles. The van der Waals surface area contributed by atoms with E-state index in [4.69, 9.17) is 10.5 Å². The molecule has 1 aromatic heterocycles. The Bertz CT molecular complexity index is 639. The largest absolute Gasteiger partial charge is 0.497 e. The van der Waals surface area contributed by atoms with Crippen molar-refractivity contribution < 1.29 is 4.74 Å². The molecule has 6 heteroatoms. The Hall–Kier alpha value is -2.68. The van der Waals surface area contributed by atoms with E-state index in [-0.39, 0.29) is 0 Å². The fraction of sp³-hybridized carbons (Fsp3) is 0.231. The number of nitrogens with two attached hydrogens (primary N) is 1. The van der Waals surface area contributed by atoms with Crippen LogP contribution in [0.5, 0.6) is 5.75 Å². The number of nitriles is 1. The molecule has 0 unspecified atom stereocenters. The van der Waals surface area contributed by atoms with E-state index in [1.807, 2.05) is 38.4 Å². The molecule has 98 valence electrons. The van der Waals surface area contributed by atoms with E-state index in [9.17, 15) is 5.26 Å². The Kier molecular flexibility index (Phi) is 3.29. The number of hydrogen-bond acceptors (Lipinski definition) is 5. The Labute approximate surface area is 111 Å². The minimum Gasteiger partial charge on any atom is -0.497 e. The maximum Gasteiger partial charge on any atom is 0.170 e. The number of methoxy groups -OCH3 is 1. The number of rotatable bonds is 3. The molecular formula is C13H15N5O. The van der Waals surface area contributed by atoms with E-state index in [2.05, 4.69) is 11.2 Å². The lowest BCUT2D eigenvalue weighted by Gasteiger charge is -2.08. The Morgan fingerprint density at radius 3 is 2.68 bits per heavy atom. The average Bonchev–Trinajstić information content (AvgIpc) is 2.76. The highest BCUT2D eigenvalue weighted by molar-refractivity contribution is 5.66. The van der Waals surface area contributed by atoms with E-state index in [0.29, 0.717) is 22.9 Å². The summed E-state index contributed by atoms with van der Waals surface area (Å²) in [5.41, 5.74) is 7.11. The number of nitrogen functional groups attached to an aromatic ring is 1. The first-order valence-corrected chi connectivity index (χ1v) is 5.68. The smallest absolute Gasteiger partial charge is 0.170 e. The summed E-state index contributed by atoms with van der Waals surface area (Å²) in [7, 11) is 5.23. The van der Waals surface area contributed by atoms with Crippen LogP contribution in [0.2, 0.25) is 0 Å². The summed E-state index contributed by atoms with van der Waals surface area (Å²) >= 11 is 0. The van der Waals surface area contributed by atoms with Crippen molar-refractivity contribution in [2.45, 2.75) is 0 Å². The highest BCUT2D eigenvalue weighted by atomic mass is 16.5. The van der Waals surface area contributed by atoms with Gasteiger partial charge in [0.25, 0.3) is 0 Å². The van der Waals surface area contributed by atoms with Gasteiger partial charge in [0.1, 0.15) is 23.2 Å². The molecule has 1 aromatic carbocycles. The van der Waals surface area contributed by atoms with E-state index in [1.54, 1.807) is 12.0 Å². The Morgan fingerprint density at radius 2 is 2.16 bits per heavy atom. The zero-order valence-corrected chi connectivity index (χ0v) is 11.1. The van der Waals surface area contributed by atoms with Crippen LogP contribution in [0.1, 0.15) is 5.56 Å². The maximum absolute atomic E-state index is 9.17. The van der Waals surface area contributed by atoms with Crippen LogP contribution in [0.15, 0.2) is 24.3 Å². The van der Waals surface area contributed by atoms with Crippen LogP contribution < -0.4 is 15.4 Å². The summed E-state index contributed by atoms with van der Waals surface area (Å²) in [5, 5.41) is 13.5. The number of nitrogens with zero attached hydrogens (tertiary/aromatic N) is 4. The zero-order chi connectivity index (χ0) is 14.0. The molecule has 2 N–H and O–H groups in total. The van der Waals surface area contributed by atoms with Gasteiger partial charge in [0.2, 0.25) is 0 Å². The standard InChI is InChI=1S/C13H15N5O/c1-17(2)13-11(8-14)12(15)18(16-13)9-5-4-6-10(7-9)19-3/h4-7H,15H2,1-3H3. The third-order valence-corrected chi connectivity index (χ3v) is 2.74. The predicted molar refractivity (Wildman–Crippen MR) is 73.6 cm³/mol. The molecule has 0 amide bonds. The van der Waals surface area contributed by atoms with Crippen LogP contribution >= 0.6 is 0 Å². The van der Waals surface area contributed by atoms with Gasteiger partial charge >= 0.3 is 0 Å². The number of anilines is 2. The molecule has 19 heavy (non-hydrogen) atoms. The van der Waals surface area contributed by atoms with E-state index in [1.165, 1.54) is 4.68 Å². The van der Waals surface area contributed by atoms with Gasteiger partial charge < -0.3 is 15.4 Å². The molecule has 0 radical (unpaired) electrons. The molecule has 0 bridgehead atoms. The van der Waals surface area contributed by atoms with Gasteiger partial charge in [-0.25, -0.2) is 4.68 Å². The lowest BCUT2D eigenvalue weighted by molar-refractivity contribution is 0.414. The number of hydrogen-bond donors (Lipinski definition) is 1. The first kappa shape index (κ1) is 12.8. The summed E-state index contributed by atoms with van der Waals surface area (Å²) in [4.78, 5) is 1.76. The molecule has 0 atom stereocenters. The molecule has 0 saturated carbocycles. The summed E-state index contributed by atoms with van der Waals surface area (Å²) in [6.07, 6.45) is 0. The molecule has 0 aliphatic rings. The van der Waals surface area contributed by atoms with Crippen molar-refractivity contribution >= 4 is 11.6 Å². The van der Waals surface area contributed by atoms with Crippen molar-refractivity contribution in [3.8, 4) is 17.5 Å². The molecule has 2 aromatic rings. The Morgan fingerprint density at radius 1 is 1.42 bits per heavy atom. The van der Waals surface area contributed by atoms with Crippen LogP contribution in [0.3, 0.4) is 0 Å². The number of benzene rings is 1. The van der Waals surface area contributed by atoms with Gasteiger partial charge in [0.15, 0.2) is 5.82 Å². The maximum atomic E-state index is 9.17. The van der Waals surface area contributed by atoms with Crippen LogP contribution in [0.25, 0.3) is 5.69 Å². The van der Waals surface area contributed by atoms with Crippen LogP contribution in [0.4, 0.5) is 11.6 Å². The third kappa shape index (κ3) is 2.18. The Balaban J connectivity index is 2.60. The summed E-state index contributed by atoms with van der Waals surface area (Å²) in [5.74, 6) is 1.57. The molecule has 1 heterocycles. The van der Waals surface area contributed by atoms with Crippen molar-refractivity contribution in [1.82, 2.24) is 9.78 Å². The highest BCUT2D eigenvalue weighted by Gasteiger charge is 2.18. The minimum atomic E-state index is 0.319. The van der Waals surface area contributed by atoms with Gasteiger partial charge in [-0.2, -0.15) is 5.26 Å². The van der Waals surface area contributed by atoms with Gasteiger partial charge in [-0.05, 0) is 12.1 Å². The fourth-order valence-corrected chi connectivity index (χ4v) is 1.78. The van der Waals surface area contributed by atoms with E-state index >= 15 is 0 Å². The van der Waals surface area contributed by atoms with Crippen LogP contribution in [-0.4, -0.2) is 31.0 Å². The molecule has 0 saturated heterocycles. The van der Waals surface area contributed by atoms with Crippen molar-refractivity contribution in [2.75, 3.05) is 31.8 Å². The first-order chi connectivity index (χ1) is 9.08. The molecular weight excluding hydrogens is 242 g/mol. The van der Waals surface area contributed by atoms with Crippen LogP contribution in [0, 0.1) is 11.3 Å². The SMILES string of the molecule is COc1cccc(-n2nc(N(C)C)c(C#N)c2N)c1. The van der Waals surface area contributed by atoms with Crippen molar-refractivity contribution in [2.24, 2.45) is 0 Å². The van der Waals surface area contributed by atoms with Gasteiger partial charge in [-0.3, -0.25) is 0 Å². The summed E-state index contributed by atoms with van der Waals surface area (Å²) in [6, 6.07) is 9.42. The molecule has 0 spiro atoms. The molecule has 0 aliphatic heterocycles. The second-order valence-corrected chi connectivity index (χ2v) is 4.20. The molecule has 6 nitrogen and oxygen atoms in total. The second-order valence-electron chi connectivity index (χ2n) is 4.20. The topological polar surface area (TPSA) is 80.1 Å². The second kappa shape index (κ2) is 4.90. The van der Waals surface area contributed by atoms with Gasteiger partial charge in [0, 0.05) is 20.2 Å². The number of ether oxygens (including phenoxy) is 1. The third-order valence-electron chi connectivity index (χ3n) is 2.74. The first-order valence-electron chi connectivity index (χ1n) is 5.68. The zero-order valence-electron chi connectivity index (χ0n) is 11.1. The summed E-state index contributed by atoms with van der Waals surface area (Å²) in [6.45, 7) is 0. The molecule has 2 rings (SSSR count). The minimum absolute atomic E-state index is 0.319. The average molecular weight is 257 g/mol. The van der Waals surface area contributed by atoms with Gasteiger partial charge in [0.05, 0.1) is 12.8 Å². The van der Waals surface area contributed by atoms with Crippen molar-refractivity contribution in [3.05, 3.63) is 29.8 Å². The quantitative estimate of drug-likeness (QED) is 0.899. The lowest BCUT2D eigenvalue weighted by Crippen LogP contribution is -2.11. The fourth-order valence-electron chi connectivity index (χ4n) is 1.78. The lowest BCUT2D eigenvalue weighted by atomic mass is 10.3. The van der Waals surface area contributed by atoms with Gasteiger partial charge in [-0.1, -0.05) is 6.07 Å². The predicted octanol–water partition coefficient (Wildman–Crippen LogP) is 1.40. The monoisotopic (exact) mass is 257 g/mol. The van der Waals surface area contributed by atoms with Crippen molar-refractivity contribution in [1.29, 1.82) is 5.26 Å². The van der Waals surface area contributed by atoms with Crippen molar-refractivity contribution in [3.63, 3.8) is 0 Å². The highest BCUT2D eigenvalue weighted by Crippen LogP contribution is 2.27. The van der Waals surface area contributed by atoms with E-state index in [0.717, 1.165) is 5.69 Å². The van der Waals surface area contributed by atoms with Gasteiger partial charge in [-0.15, -0.1) is 5.10 Å². The van der Waals surface area contributed by atoms with Crippen LogP contribution in [-0.2, 0) is 0 Å².